The molecule has 162 valence electrons. The van der Waals surface area contributed by atoms with Crippen LogP contribution in [0.4, 0.5) is 29.3 Å². The number of carbonyl (C=O) groups is 1. The molecule has 0 radical (unpaired) electrons. The summed E-state index contributed by atoms with van der Waals surface area (Å²) in [6.07, 6.45) is -3.39. The number of hydrogen-bond donors (Lipinski definition) is 2. The van der Waals surface area contributed by atoms with E-state index in [4.69, 9.17) is 0 Å². The van der Waals surface area contributed by atoms with E-state index in [0.717, 1.165) is 23.3 Å². The van der Waals surface area contributed by atoms with Gasteiger partial charge in [-0.3, -0.25) is 0 Å². The molecule has 2 aromatic rings. The molecular formula is C20H22F3N3O3S. The lowest BCUT2D eigenvalue weighted by atomic mass is 10.0. The van der Waals surface area contributed by atoms with Crippen LogP contribution in [0.5, 0.6) is 0 Å². The zero-order valence-corrected chi connectivity index (χ0v) is 17.1. The summed E-state index contributed by atoms with van der Waals surface area (Å²) in [4.78, 5) is 12.2. The van der Waals surface area contributed by atoms with E-state index in [2.05, 4.69) is 10.6 Å². The highest BCUT2D eigenvalue weighted by atomic mass is 32.2. The van der Waals surface area contributed by atoms with Crippen molar-refractivity contribution < 1.29 is 26.4 Å². The molecule has 2 N–H and O–H groups in total. The second-order valence-electron chi connectivity index (χ2n) is 7.04. The zero-order valence-electron chi connectivity index (χ0n) is 16.3. The van der Waals surface area contributed by atoms with Crippen LogP contribution in [-0.4, -0.2) is 31.1 Å². The molecule has 0 saturated carbocycles. The molecule has 1 heterocycles. The number of nitrogens with one attached hydrogen (secondary N) is 2. The summed E-state index contributed by atoms with van der Waals surface area (Å²) in [5.74, 6) is 0.0830. The van der Waals surface area contributed by atoms with E-state index in [9.17, 15) is 26.4 Å². The molecule has 6 nitrogen and oxygen atoms in total. The molecular weight excluding hydrogens is 419 g/mol. The van der Waals surface area contributed by atoms with Gasteiger partial charge >= 0.3 is 12.2 Å². The normalized spacial score (nSPS) is 14.8. The molecule has 0 saturated heterocycles. The molecule has 1 aliphatic heterocycles. The maximum absolute atomic E-state index is 12.8. The first-order valence-corrected chi connectivity index (χ1v) is 11.0. The van der Waals surface area contributed by atoms with Crippen molar-refractivity contribution in [3.63, 3.8) is 0 Å². The van der Waals surface area contributed by atoms with E-state index in [1.54, 1.807) is 19.1 Å². The van der Waals surface area contributed by atoms with Gasteiger partial charge in [-0.2, -0.15) is 17.5 Å². The van der Waals surface area contributed by atoms with Gasteiger partial charge in [0.15, 0.2) is 0 Å². The van der Waals surface area contributed by atoms with Gasteiger partial charge in [0.1, 0.15) is 0 Å². The van der Waals surface area contributed by atoms with Crippen molar-refractivity contribution in [2.45, 2.75) is 32.5 Å². The summed E-state index contributed by atoms with van der Waals surface area (Å²) in [5, 5.41) is 4.95. The lowest BCUT2D eigenvalue weighted by Crippen LogP contribution is -2.37. The Balaban J connectivity index is 1.69. The number of nitrogens with zero attached hydrogens (tertiary/aromatic N) is 1. The fraction of sp³-hybridized carbons (Fsp3) is 0.350. The van der Waals surface area contributed by atoms with Crippen LogP contribution in [0.2, 0.25) is 0 Å². The molecule has 0 aliphatic carbocycles. The van der Waals surface area contributed by atoms with Crippen molar-refractivity contribution in [2.24, 2.45) is 0 Å². The Bertz CT molecular complexity index is 1040. The van der Waals surface area contributed by atoms with E-state index >= 15 is 0 Å². The van der Waals surface area contributed by atoms with Gasteiger partial charge in [-0.05, 0) is 54.3 Å². The van der Waals surface area contributed by atoms with Crippen LogP contribution >= 0.6 is 0 Å². The van der Waals surface area contributed by atoms with Crippen molar-refractivity contribution in [1.82, 2.24) is 4.31 Å². The van der Waals surface area contributed by atoms with Gasteiger partial charge in [-0.25, -0.2) is 13.2 Å². The van der Waals surface area contributed by atoms with Gasteiger partial charge in [0.25, 0.3) is 0 Å². The molecule has 30 heavy (non-hydrogen) atoms. The molecule has 0 aromatic heterocycles. The number of hydrogen-bond acceptors (Lipinski definition) is 3. The van der Waals surface area contributed by atoms with Crippen molar-refractivity contribution in [2.75, 3.05) is 22.9 Å². The number of anilines is 2. The van der Waals surface area contributed by atoms with Gasteiger partial charge in [-0.1, -0.05) is 19.1 Å². The summed E-state index contributed by atoms with van der Waals surface area (Å²) in [7, 11) is -3.33. The van der Waals surface area contributed by atoms with Gasteiger partial charge in [0.2, 0.25) is 10.0 Å². The third-order valence-electron chi connectivity index (χ3n) is 4.74. The summed E-state index contributed by atoms with van der Waals surface area (Å²) >= 11 is 0. The molecule has 0 unspecified atom stereocenters. The van der Waals surface area contributed by atoms with Crippen LogP contribution in [0.25, 0.3) is 0 Å². The first-order valence-electron chi connectivity index (χ1n) is 9.43. The number of urea groups is 1. The van der Waals surface area contributed by atoms with E-state index in [0.29, 0.717) is 25.1 Å². The maximum Gasteiger partial charge on any atom is 0.416 e. The Morgan fingerprint density at radius 2 is 1.77 bits per heavy atom. The molecule has 1 aliphatic rings. The molecule has 10 heteroatoms. The maximum atomic E-state index is 12.8. The highest BCUT2D eigenvalue weighted by Gasteiger charge is 2.30. The third-order valence-corrected chi connectivity index (χ3v) is 6.77. The summed E-state index contributed by atoms with van der Waals surface area (Å²) in [6.45, 7) is 2.45. The minimum atomic E-state index is -4.50. The first-order chi connectivity index (χ1) is 14.1. The molecule has 0 fully saturated rings. The minimum absolute atomic E-state index is 0.0112. The van der Waals surface area contributed by atoms with Gasteiger partial charge < -0.3 is 10.6 Å². The van der Waals surface area contributed by atoms with Crippen LogP contribution in [0.1, 0.15) is 30.0 Å². The van der Waals surface area contributed by atoms with E-state index in [1.165, 1.54) is 16.4 Å². The SMILES string of the molecule is CCCS(=O)(=O)N1CCc2ccc(NC(=O)Nc3cccc(C(F)(F)F)c3)cc2C1. The quantitative estimate of drug-likeness (QED) is 0.720. The lowest BCUT2D eigenvalue weighted by molar-refractivity contribution is -0.137. The van der Waals surface area contributed by atoms with Crippen LogP contribution < -0.4 is 10.6 Å². The number of carbonyl (C=O) groups excluding carboxylic acids is 1. The van der Waals surface area contributed by atoms with Crippen molar-refractivity contribution >= 4 is 27.4 Å². The Hall–Kier alpha value is -2.59. The second kappa shape index (κ2) is 8.65. The average Bonchev–Trinajstić information content (AvgIpc) is 2.67. The predicted octanol–water partition coefficient (Wildman–Crippen LogP) is 4.45. The zero-order chi connectivity index (χ0) is 21.9. The van der Waals surface area contributed by atoms with Crippen molar-refractivity contribution in [3.05, 3.63) is 59.2 Å². The van der Waals surface area contributed by atoms with E-state index in [-0.39, 0.29) is 18.0 Å². The first kappa shape index (κ1) is 22.1. The number of alkyl halides is 3. The lowest BCUT2D eigenvalue weighted by Gasteiger charge is -2.28. The van der Waals surface area contributed by atoms with Crippen LogP contribution in [-0.2, 0) is 29.2 Å². The van der Waals surface area contributed by atoms with Crippen molar-refractivity contribution in [3.8, 4) is 0 Å². The molecule has 0 spiro atoms. The minimum Gasteiger partial charge on any atom is -0.308 e. The van der Waals surface area contributed by atoms with Gasteiger partial charge in [0.05, 0.1) is 11.3 Å². The van der Waals surface area contributed by atoms with E-state index in [1.807, 2.05) is 6.07 Å². The molecule has 2 aromatic carbocycles. The summed E-state index contributed by atoms with van der Waals surface area (Å²) < 4.78 is 64.5. The van der Waals surface area contributed by atoms with E-state index < -0.39 is 27.8 Å². The Morgan fingerprint density at radius 1 is 1.07 bits per heavy atom. The van der Waals surface area contributed by atoms with Crippen molar-refractivity contribution in [1.29, 1.82) is 0 Å². The molecule has 3 rings (SSSR count). The van der Waals surface area contributed by atoms with Gasteiger partial charge in [-0.15, -0.1) is 0 Å². The van der Waals surface area contributed by atoms with Crippen LogP contribution in [0.3, 0.4) is 0 Å². The number of benzene rings is 2. The Kier molecular flexibility index (Phi) is 6.37. The molecule has 0 bridgehead atoms. The smallest absolute Gasteiger partial charge is 0.308 e. The molecule has 2 amide bonds. The monoisotopic (exact) mass is 441 g/mol. The largest absolute Gasteiger partial charge is 0.416 e. The highest BCUT2D eigenvalue weighted by molar-refractivity contribution is 7.89. The fourth-order valence-corrected chi connectivity index (χ4v) is 4.78. The van der Waals surface area contributed by atoms with Crippen LogP contribution in [0.15, 0.2) is 42.5 Å². The highest BCUT2D eigenvalue weighted by Crippen LogP contribution is 2.31. The number of sulfonamides is 1. The third kappa shape index (κ3) is 5.31. The standard InChI is InChI=1S/C20H22F3N3O3S/c1-2-10-30(28,29)26-9-8-14-6-7-18(11-15(14)13-26)25-19(27)24-17-5-3-4-16(12-17)20(21,22)23/h3-7,11-12H,2,8-10,13H2,1H3,(H2,24,25,27). The summed E-state index contributed by atoms with van der Waals surface area (Å²) in [5.41, 5.74) is 1.37. The average molecular weight is 441 g/mol. The molecule has 0 atom stereocenters. The Morgan fingerprint density at radius 3 is 2.43 bits per heavy atom. The van der Waals surface area contributed by atoms with Crippen LogP contribution in [0, 0.1) is 0 Å². The number of rotatable bonds is 5. The Labute approximate surface area is 173 Å². The predicted molar refractivity (Wildman–Crippen MR) is 109 cm³/mol. The topological polar surface area (TPSA) is 78.5 Å². The van der Waals surface area contributed by atoms with Gasteiger partial charge in [0, 0.05) is 24.5 Å². The summed E-state index contributed by atoms with van der Waals surface area (Å²) in [6, 6.07) is 8.84. The number of halogens is 3. The second-order valence-corrected chi connectivity index (χ2v) is 9.13. The number of fused-ring (bicyclic) bond motifs is 1. The fourth-order valence-electron chi connectivity index (χ4n) is 3.30. The number of amides is 2.